The summed E-state index contributed by atoms with van der Waals surface area (Å²) >= 11 is 1.60. The van der Waals surface area contributed by atoms with Crippen LogP contribution in [-0.2, 0) is 0 Å². The van der Waals surface area contributed by atoms with Crippen LogP contribution in [-0.4, -0.2) is 11.7 Å². The Morgan fingerprint density at radius 2 is 1.94 bits per heavy atom. The number of aliphatic hydroxyl groups is 1. The zero-order valence-electron chi connectivity index (χ0n) is 8.97. The molecule has 0 amide bonds. The smallest absolute Gasteiger partial charge is 0.0898 e. The lowest BCUT2D eigenvalue weighted by Crippen LogP contribution is -2.06. The lowest BCUT2D eigenvalue weighted by molar-refractivity contribution is 0.175. The van der Waals surface area contributed by atoms with Crippen LogP contribution >= 0.6 is 11.3 Å². The van der Waals surface area contributed by atoms with E-state index in [0.29, 0.717) is 0 Å². The number of anilines is 1. The average molecular weight is 233 g/mol. The van der Waals surface area contributed by atoms with Crippen LogP contribution in [0.3, 0.4) is 0 Å². The van der Waals surface area contributed by atoms with Crippen LogP contribution < -0.4 is 5.32 Å². The minimum atomic E-state index is -0.351. The van der Waals surface area contributed by atoms with Crippen molar-refractivity contribution in [3.05, 3.63) is 52.7 Å². The first-order valence-corrected chi connectivity index (χ1v) is 6.24. The molecule has 0 saturated carbocycles. The molecule has 2 nitrogen and oxygen atoms in total. The van der Waals surface area contributed by atoms with Crippen molar-refractivity contribution in [2.75, 3.05) is 11.9 Å². The summed E-state index contributed by atoms with van der Waals surface area (Å²) in [5, 5.41) is 15.1. The summed E-state index contributed by atoms with van der Waals surface area (Å²) in [6.07, 6.45) is 0.381. The Labute approximate surface area is 99.6 Å². The highest BCUT2D eigenvalue weighted by Gasteiger charge is 2.07. The van der Waals surface area contributed by atoms with E-state index in [1.54, 1.807) is 11.3 Å². The monoisotopic (exact) mass is 233 g/mol. The van der Waals surface area contributed by atoms with Gasteiger partial charge in [0, 0.05) is 17.1 Å². The molecule has 3 heteroatoms. The Hall–Kier alpha value is -1.32. The molecule has 0 bridgehead atoms. The molecule has 1 unspecified atom stereocenters. The zero-order chi connectivity index (χ0) is 11.2. The van der Waals surface area contributed by atoms with Crippen LogP contribution in [0.5, 0.6) is 0 Å². The van der Waals surface area contributed by atoms with E-state index in [2.05, 4.69) is 5.32 Å². The molecule has 0 fully saturated rings. The average Bonchev–Trinajstić information content (AvgIpc) is 2.84. The number of benzene rings is 1. The zero-order valence-corrected chi connectivity index (χ0v) is 9.78. The molecule has 2 rings (SSSR count). The third-order valence-electron chi connectivity index (χ3n) is 2.39. The van der Waals surface area contributed by atoms with Gasteiger partial charge >= 0.3 is 0 Å². The maximum Gasteiger partial charge on any atom is 0.0898 e. The summed E-state index contributed by atoms with van der Waals surface area (Å²) in [6.45, 7) is 0.781. The van der Waals surface area contributed by atoms with E-state index in [4.69, 9.17) is 0 Å². The van der Waals surface area contributed by atoms with Crippen LogP contribution in [0.4, 0.5) is 5.69 Å². The van der Waals surface area contributed by atoms with Crippen LogP contribution in [0.25, 0.3) is 0 Å². The fraction of sp³-hybridized carbons (Fsp3) is 0.231. The Morgan fingerprint density at radius 3 is 2.62 bits per heavy atom. The van der Waals surface area contributed by atoms with E-state index in [1.165, 1.54) is 0 Å². The van der Waals surface area contributed by atoms with Gasteiger partial charge in [0.25, 0.3) is 0 Å². The van der Waals surface area contributed by atoms with Crippen molar-refractivity contribution in [2.24, 2.45) is 0 Å². The van der Waals surface area contributed by atoms with Gasteiger partial charge in [0.05, 0.1) is 6.10 Å². The van der Waals surface area contributed by atoms with Crippen molar-refractivity contribution in [3.8, 4) is 0 Å². The first kappa shape index (κ1) is 11.2. The third-order valence-corrected chi connectivity index (χ3v) is 3.37. The minimum Gasteiger partial charge on any atom is -0.388 e. The third kappa shape index (κ3) is 3.08. The molecule has 0 saturated heterocycles. The fourth-order valence-corrected chi connectivity index (χ4v) is 2.28. The predicted octanol–water partition coefficient (Wildman–Crippen LogP) is 3.28. The van der Waals surface area contributed by atoms with Crippen molar-refractivity contribution in [2.45, 2.75) is 12.5 Å². The van der Waals surface area contributed by atoms with Gasteiger partial charge < -0.3 is 10.4 Å². The van der Waals surface area contributed by atoms with Gasteiger partial charge in [-0.2, -0.15) is 0 Å². The highest BCUT2D eigenvalue weighted by molar-refractivity contribution is 7.10. The van der Waals surface area contributed by atoms with Crippen molar-refractivity contribution in [3.63, 3.8) is 0 Å². The SMILES string of the molecule is OC(CCNc1ccccc1)c1cccs1. The first-order chi connectivity index (χ1) is 7.86. The number of nitrogens with one attached hydrogen (secondary N) is 1. The summed E-state index contributed by atoms with van der Waals surface area (Å²) in [5.41, 5.74) is 1.10. The molecule has 1 heterocycles. The maximum atomic E-state index is 9.86. The van der Waals surface area contributed by atoms with Gasteiger partial charge in [-0.25, -0.2) is 0 Å². The molecule has 0 aliphatic carbocycles. The van der Waals surface area contributed by atoms with Gasteiger partial charge in [0.1, 0.15) is 0 Å². The Bertz CT molecular complexity index is 399. The maximum absolute atomic E-state index is 9.86. The number of hydrogen-bond donors (Lipinski definition) is 2. The second-order valence-electron chi connectivity index (χ2n) is 3.61. The minimum absolute atomic E-state index is 0.351. The standard InChI is InChI=1S/C13H15NOS/c15-12(13-7-4-10-16-13)8-9-14-11-5-2-1-3-6-11/h1-7,10,12,14-15H,8-9H2. The van der Waals surface area contributed by atoms with E-state index in [-0.39, 0.29) is 6.10 Å². The van der Waals surface area contributed by atoms with Crippen LogP contribution in [0.2, 0.25) is 0 Å². The molecular weight excluding hydrogens is 218 g/mol. The molecule has 0 spiro atoms. The van der Waals surface area contributed by atoms with Crippen LogP contribution in [0, 0.1) is 0 Å². The van der Waals surface area contributed by atoms with Crippen molar-refractivity contribution in [1.82, 2.24) is 0 Å². The Balaban J connectivity index is 1.76. The van der Waals surface area contributed by atoms with E-state index < -0.39 is 0 Å². The second-order valence-corrected chi connectivity index (χ2v) is 4.59. The number of hydrogen-bond acceptors (Lipinski definition) is 3. The predicted molar refractivity (Wildman–Crippen MR) is 68.8 cm³/mol. The molecule has 0 radical (unpaired) electrons. The van der Waals surface area contributed by atoms with Gasteiger partial charge in [0.2, 0.25) is 0 Å². The van der Waals surface area contributed by atoms with E-state index in [9.17, 15) is 5.11 Å². The van der Waals surface area contributed by atoms with Gasteiger partial charge in [-0.1, -0.05) is 24.3 Å². The van der Waals surface area contributed by atoms with E-state index in [1.807, 2.05) is 47.8 Å². The summed E-state index contributed by atoms with van der Waals surface area (Å²) in [4.78, 5) is 1.04. The molecular formula is C13H15NOS. The van der Waals surface area contributed by atoms with Gasteiger partial charge in [-0.15, -0.1) is 11.3 Å². The molecule has 2 aromatic rings. The topological polar surface area (TPSA) is 32.3 Å². The van der Waals surface area contributed by atoms with Crippen molar-refractivity contribution >= 4 is 17.0 Å². The van der Waals surface area contributed by atoms with Crippen LogP contribution in [0.1, 0.15) is 17.4 Å². The Morgan fingerprint density at radius 1 is 1.12 bits per heavy atom. The highest BCUT2D eigenvalue weighted by Crippen LogP contribution is 2.21. The fourth-order valence-electron chi connectivity index (χ4n) is 1.53. The lowest BCUT2D eigenvalue weighted by atomic mass is 10.2. The van der Waals surface area contributed by atoms with Gasteiger partial charge in [-0.05, 0) is 30.0 Å². The second kappa shape index (κ2) is 5.68. The first-order valence-electron chi connectivity index (χ1n) is 5.36. The van der Waals surface area contributed by atoms with Gasteiger partial charge in [0.15, 0.2) is 0 Å². The normalized spacial score (nSPS) is 12.3. The van der Waals surface area contributed by atoms with Crippen molar-refractivity contribution < 1.29 is 5.11 Å². The summed E-state index contributed by atoms with van der Waals surface area (Å²) < 4.78 is 0. The number of para-hydroxylation sites is 1. The molecule has 1 aromatic heterocycles. The summed E-state index contributed by atoms with van der Waals surface area (Å²) in [7, 11) is 0. The number of rotatable bonds is 5. The molecule has 1 atom stereocenters. The molecule has 0 aliphatic rings. The van der Waals surface area contributed by atoms with E-state index in [0.717, 1.165) is 23.5 Å². The van der Waals surface area contributed by atoms with E-state index >= 15 is 0 Å². The molecule has 16 heavy (non-hydrogen) atoms. The quantitative estimate of drug-likeness (QED) is 0.830. The van der Waals surface area contributed by atoms with Gasteiger partial charge in [-0.3, -0.25) is 0 Å². The largest absolute Gasteiger partial charge is 0.388 e. The summed E-state index contributed by atoms with van der Waals surface area (Å²) in [6, 6.07) is 14.0. The number of aliphatic hydroxyl groups excluding tert-OH is 1. The highest BCUT2D eigenvalue weighted by atomic mass is 32.1. The molecule has 84 valence electrons. The lowest BCUT2D eigenvalue weighted by Gasteiger charge is -2.10. The molecule has 0 aliphatic heterocycles. The van der Waals surface area contributed by atoms with Crippen molar-refractivity contribution in [1.29, 1.82) is 0 Å². The summed E-state index contributed by atoms with van der Waals surface area (Å²) in [5.74, 6) is 0. The molecule has 2 N–H and O–H groups in total. The molecule has 1 aromatic carbocycles. The Kier molecular flexibility index (Phi) is 3.97. The number of thiophene rings is 1. The van der Waals surface area contributed by atoms with Crippen LogP contribution in [0.15, 0.2) is 47.8 Å².